The van der Waals surface area contributed by atoms with Crippen LogP contribution in [0.25, 0.3) is 0 Å². The fourth-order valence-corrected chi connectivity index (χ4v) is 1.77. The summed E-state index contributed by atoms with van der Waals surface area (Å²) < 4.78 is 4.83. The van der Waals surface area contributed by atoms with E-state index in [1.807, 2.05) is 0 Å². The third kappa shape index (κ3) is 4.33. The molecule has 1 fully saturated rings. The van der Waals surface area contributed by atoms with Gasteiger partial charge in [-0.1, -0.05) is 0 Å². The molecule has 0 radical (unpaired) electrons. The molecule has 0 aromatic heterocycles. The first-order valence-electron chi connectivity index (χ1n) is 5.83. The zero-order valence-corrected chi connectivity index (χ0v) is 10.3. The Labute approximate surface area is 105 Å². The van der Waals surface area contributed by atoms with Crippen molar-refractivity contribution in [3.8, 4) is 0 Å². The van der Waals surface area contributed by atoms with E-state index < -0.39 is 23.8 Å². The number of carboxylic acid groups (broad SMARTS) is 1. The molecular formula is C11H18N2O5. The quantitative estimate of drug-likeness (QED) is 0.514. The van der Waals surface area contributed by atoms with Crippen molar-refractivity contribution >= 4 is 17.8 Å². The van der Waals surface area contributed by atoms with E-state index >= 15 is 0 Å². The number of hydrogen-bond donors (Lipinski definition) is 3. The molecule has 2 amide bonds. The van der Waals surface area contributed by atoms with Crippen LogP contribution in [0.3, 0.4) is 0 Å². The molecule has 0 aliphatic carbocycles. The summed E-state index contributed by atoms with van der Waals surface area (Å²) in [4.78, 5) is 33.7. The lowest BCUT2D eigenvalue weighted by molar-refractivity contribution is -0.142. The minimum atomic E-state index is -1.07. The van der Waals surface area contributed by atoms with Crippen LogP contribution in [-0.2, 0) is 19.1 Å². The van der Waals surface area contributed by atoms with Gasteiger partial charge in [0.05, 0.1) is 5.92 Å². The van der Waals surface area contributed by atoms with Gasteiger partial charge in [-0.05, 0) is 12.8 Å². The van der Waals surface area contributed by atoms with Crippen molar-refractivity contribution in [2.45, 2.75) is 25.3 Å². The Morgan fingerprint density at radius 2 is 2.33 bits per heavy atom. The lowest BCUT2D eigenvalue weighted by atomic mass is 10.1. The highest BCUT2D eigenvalue weighted by Gasteiger charge is 2.30. The van der Waals surface area contributed by atoms with E-state index in [9.17, 15) is 14.4 Å². The largest absolute Gasteiger partial charge is 0.480 e. The van der Waals surface area contributed by atoms with Gasteiger partial charge in [-0.2, -0.15) is 0 Å². The molecule has 7 heteroatoms. The molecule has 2 unspecified atom stereocenters. The lowest BCUT2D eigenvalue weighted by Gasteiger charge is -2.16. The molecule has 3 N–H and O–H groups in total. The summed E-state index contributed by atoms with van der Waals surface area (Å²) in [7, 11) is 1.53. The number of ether oxygens (including phenoxy) is 1. The number of carboxylic acids is 1. The van der Waals surface area contributed by atoms with Crippen LogP contribution in [0, 0.1) is 5.92 Å². The second kappa shape index (κ2) is 6.95. The van der Waals surface area contributed by atoms with Crippen LogP contribution < -0.4 is 10.6 Å². The molecule has 1 aliphatic heterocycles. The summed E-state index contributed by atoms with van der Waals surface area (Å²) in [6.07, 6.45) is 0.981. The maximum absolute atomic E-state index is 11.7. The topological polar surface area (TPSA) is 105 Å². The average Bonchev–Trinajstić information content (AvgIpc) is 2.74. The number of rotatable bonds is 7. The number of hydrogen-bond acceptors (Lipinski definition) is 4. The Bertz CT molecular complexity index is 331. The molecular weight excluding hydrogens is 240 g/mol. The van der Waals surface area contributed by atoms with Crippen LogP contribution in [0.4, 0.5) is 0 Å². The third-order valence-corrected chi connectivity index (χ3v) is 2.80. The predicted octanol–water partition coefficient (Wildman–Crippen LogP) is -0.881. The summed E-state index contributed by atoms with van der Waals surface area (Å²) in [6, 6.07) is -0.927. The Hall–Kier alpha value is -1.63. The van der Waals surface area contributed by atoms with Crippen molar-refractivity contribution in [1.29, 1.82) is 0 Å². The van der Waals surface area contributed by atoms with E-state index in [1.54, 1.807) is 0 Å². The van der Waals surface area contributed by atoms with Crippen molar-refractivity contribution < 1.29 is 24.2 Å². The summed E-state index contributed by atoms with van der Waals surface area (Å²) in [5, 5.41) is 14.0. The summed E-state index contributed by atoms with van der Waals surface area (Å²) >= 11 is 0. The zero-order valence-electron chi connectivity index (χ0n) is 10.3. The number of carbonyl (C=O) groups excluding carboxylic acids is 2. The van der Waals surface area contributed by atoms with Crippen molar-refractivity contribution in [2.24, 2.45) is 5.92 Å². The average molecular weight is 258 g/mol. The van der Waals surface area contributed by atoms with Gasteiger partial charge in [0.15, 0.2) is 0 Å². The van der Waals surface area contributed by atoms with Gasteiger partial charge in [0.25, 0.3) is 0 Å². The number of carbonyl (C=O) groups is 3. The van der Waals surface area contributed by atoms with Crippen LogP contribution in [0.15, 0.2) is 0 Å². The van der Waals surface area contributed by atoms with Gasteiger partial charge in [0.1, 0.15) is 6.04 Å². The van der Waals surface area contributed by atoms with Crippen LogP contribution in [0.1, 0.15) is 19.3 Å². The smallest absolute Gasteiger partial charge is 0.326 e. The number of methoxy groups -OCH3 is 1. The van der Waals surface area contributed by atoms with Gasteiger partial charge >= 0.3 is 5.97 Å². The Balaban J connectivity index is 2.42. The van der Waals surface area contributed by atoms with Gasteiger partial charge in [-0.25, -0.2) is 4.79 Å². The molecule has 2 atom stereocenters. The Morgan fingerprint density at radius 1 is 1.61 bits per heavy atom. The van der Waals surface area contributed by atoms with Gasteiger partial charge in [0.2, 0.25) is 11.8 Å². The van der Waals surface area contributed by atoms with Crippen molar-refractivity contribution in [2.75, 3.05) is 20.3 Å². The van der Waals surface area contributed by atoms with E-state index in [-0.39, 0.29) is 18.9 Å². The number of amides is 2. The monoisotopic (exact) mass is 258 g/mol. The van der Waals surface area contributed by atoms with E-state index in [0.29, 0.717) is 19.4 Å². The van der Waals surface area contributed by atoms with Crippen LogP contribution in [0.5, 0.6) is 0 Å². The Kier molecular flexibility index (Phi) is 5.57. The summed E-state index contributed by atoms with van der Waals surface area (Å²) in [5.74, 6) is -2.11. The molecule has 0 aromatic rings. The fraction of sp³-hybridized carbons (Fsp3) is 0.727. The number of aliphatic carboxylic acids is 1. The highest BCUT2D eigenvalue weighted by Crippen LogP contribution is 2.10. The van der Waals surface area contributed by atoms with Crippen LogP contribution in [0.2, 0.25) is 0 Å². The normalized spacial score (nSPS) is 20.3. The van der Waals surface area contributed by atoms with E-state index in [0.717, 1.165) is 0 Å². The third-order valence-electron chi connectivity index (χ3n) is 2.80. The standard InChI is InChI=1S/C11H18N2O5/c1-18-4-2-3-8(11(16)17)13-10(15)7-5-9(14)12-6-7/h7-8H,2-6H2,1H3,(H,12,14)(H,13,15)(H,16,17). The molecule has 1 aliphatic rings. The van der Waals surface area contributed by atoms with E-state index in [4.69, 9.17) is 9.84 Å². The Morgan fingerprint density at radius 3 is 2.83 bits per heavy atom. The first-order chi connectivity index (χ1) is 8.54. The molecule has 1 rings (SSSR count). The van der Waals surface area contributed by atoms with Gasteiger partial charge in [-0.3, -0.25) is 9.59 Å². The minimum Gasteiger partial charge on any atom is -0.480 e. The van der Waals surface area contributed by atoms with Gasteiger partial charge in [-0.15, -0.1) is 0 Å². The SMILES string of the molecule is COCCCC(NC(=O)C1CNC(=O)C1)C(=O)O. The highest BCUT2D eigenvalue weighted by molar-refractivity contribution is 5.91. The predicted molar refractivity (Wildman–Crippen MR) is 61.8 cm³/mol. The molecule has 0 bridgehead atoms. The summed E-state index contributed by atoms with van der Waals surface area (Å²) in [6.45, 7) is 0.720. The maximum Gasteiger partial charge on any atom is 0.326 e. The molecule has 102 valence electrons. The molecule has 1 saturated heterocycles. The molecule has 0 saturated carbocycles. The zero-order chi connectivity index (χ0) is 13.5. The van der Waals surface area contributed by atoms with E-state index in [1.165, 1.54) is 7.11 Å². The van der Waals surface area contributed by atoms with E-state index in [2.05, 4.69) is 10.6 Å². The van der Waals surface area contributed by atoms with Crippen LogP contribution in [-0.4, -0.2) is 49.2 Å². The first-order valence-corrected chi connectivity index (χ1v) is 5.83. The lowest BCUT2D eigenvalue weighted by Crippen LogP contribution is -2.44. The fourth-order valence-electron chi connectivity index (χ4n) is 1.77. The molecule has 0 spiro atoms. The number of nitrogens with one attached hydrogen (secondary N) is 2. The second-order valence-corrected chi connectivity index (χ2v) is 4.24. The minimum absolute atomic E-state index is 0.121. The molecule has 0 aromatic carbocycles. The highest BCUT2D eigenvalue weighted by atomic mass is 16.5. The molecule has 1 heterocycles. The summed E-state index contributed by atoms with van der Waals surface area (Å²) in [5.41, 5.74) is 0. The van der Waals surface area contributed by atoms with Crippen molar-refractivity contribution in [3.05, 3.63) is 0 Å². The molecule has 7 nitrogen and oxygen atoms in total. The first kappa shape index (κ1) is 14.4. The van der Waals surface area contributed by atoms with Crippen molar-refractivity contribution in [3.63, 3.8) is 0 Å². The van der Waals surface area contributed by atoms with Gasteiger partial charge < -0.3 is 20.5 Å². The molecule has 18 heavy (non-hydrogen) atoms. The second-order valence-electron chi connectivity index (χ2n) is 4.24. The van der Waals surface area contributed by atoms with Crippen LogP contribution >= 0.6 is 0 Å². The maximum atomic E-state index is 11.7. The van der Waals surface area contributed by atoms with Gasteiger partial charge in [0, 0.05) is 26.7 Å². The van der Waals surface area contributed by atoms with Crippen molar-refractivity contribution in [1.82, 2.24) is 10.6 Å².